The van der Waals surface area contributed by atoms with E-state index in [9.17, 15) is 0 Å². The van der Waals surface area contributed by atoms with Gasteiger partial charge in [0.05, 0.1) is 0 Å². The largest absolute Gasteiger partial charge is 0.314 e. The fourth-order valence-electron chi connectivity index (χ4n) is 4.72. The number of hydrogen-bond acceptors (Lipinski definition) is 2. The van der Waals surface area contributed by atoms with Crippen LogP contribution in [0.5, 0.6) is 0 Å². The molecule has 1 saturated heterocycles. The lowest BCUT2D eigenvalue weighted by Gasteiger charge is -2.44. The molecule has 1 heterocycles. The minimum absolute atomic E-state index is 0.851. The summed E-state index contributed by atoms with van der Waals surface area (Å²) in [4.78, 5) is 2.84. The maximum atomic E-state index is 3.77. The van der Waals surface area contributed by atoms with E-state index in [1.165, 1.54) is 90.3 Å². The summed E-state index contributed by atoms with van der Waals surface area (Å²) in [6, 6.07) is 1.80. The van der Waals surface area contributed by atoms with Gasteiger partial charge in [-0.1, -0.05) is 25.7 Å². The number of likely N-dealkylation sites (tertiary alicyclic amines) is 1. The molecule has 3 aliphatic rings. The summed E-state index contributed by atoms with van der Waals surface area (Å²) in [6.45, 7) is 3.98. The van der Waals surface area contributed by atoms with Gasteiger partial charge in [0.2, 0.25) is 0 Å². The Labute approximate surface area is 119 Å². The molecule has 0 spiro atoms. The normalized spacial score (nSPS) is 33.5. The molecule has 1 N–H and O–H groups in total. The van der Waals surface area contributed by atoms with Gasteiger partial charge in [0.25, 0.3) is 0 Å². The summed E-state index contributed by atoms with van der Waals surface area (Å²) in [6.07, 6.45) is 16.1. The number of nitrogens with one attached hydrogen (secondary N) is 1. The summed E-state index contributed by atoms with van der Waals surface area (Å²) < 4.78 is 0. The SMILES string of the molecule is C1CCC(NCCCN2CCC[C@H]3CCCC[C@H]32)C1. The smallest absolute Gasteiger partial charge is 0.0123 e. The Morgan fingerprint density at radius 1 is 0.842 bits per heavy atom. The first-order valence-electron chi connectivity index (χ1n) is 8.91. The zero-order valence-corrected chi connectivity index (χ0v) is 12.6. The van der Waals surface area contributed by atoms with Crippen molar-refractivity contribution in [3.63, 3.8) is 0 Å². The molecule has 0 bridgehead atoms. The highest BCUT2D eigenvalue weighted by Gasteiger charge is 2.32. The lowest BCUT2D eigenvalue weighted by atomic mass is 9.78. The summed E-state index contributed by atoms with van der Waals surface area (Å²) in [7, 11) is 0. The highest BCUT2D eigenvalue weighted by molar-refractivity contribution is 4.87. The third-order valence-corrected chi connectivity index (χ3v) is 5.77. The summed E-state index contributed by atoms with van der Waals surface area (Å²) in [5, 5.41) is 3.77. The third-order valence-electron chi connectivity index (χ3n) is 5.77. The van der Waals surface area contributed by atoms with Crippen molar-refractivity contribution in [2.45, 2.75) is 82.7 Å². The minimum Gasteiger partial charge on any atom is -0.314 e. The molecule has 0 aromatic heterocycles. The fourth-order valence-corrected chi connectivity index (χ4v) is 4.72. The van der Waals surface area contributed by atoms with Crippen LogP contribution in [0.4, 0.5) is 0 Å². The van der Waals surface area contributed by atoms with Gasteiger partial charge in [-0.25, -0.2) is 0 Å². The first kappa shape index (κ1) is 13.9. The summed E-state index contributed by atoms with van der Waals surface area (Å²) in [5.74, 6) is 1.05. The Morgan fingerprint density at radius 2 is 1.58 bits per heavy atom. The van der Waals surface area contributed by atoms with E-state index in [-0.39, 0.29) is 0 Å². The fraction of sp³-hybridized carbons (Fsp3) is 1.00. The van der Waals surface area contributed by atoms with Gasteiger partial charge in [-0.3, -0.25) is 0 Å². The molecule has 0 unspecified atom stereocenters. The van der Waals surface area contributed by atoms with Gasteiger partial charge in [0, 0.05) is 12.1 Å². The highest BCUT2D eigenvalue weighted by atomic mass is 15.2. The van der Waals surface area contributed by atoms with E-state index in [0.717, 1.165) is 18.0 Å². The van der Waals surface area contributed by atoms with E-state index >= 15 is 0 Å². The van der Waals surface area contributed by atoms with E-state index in [2.05, 4.69) is 10.2 Å². The second kappa shape index (κ2) is 7.08. The van der Waals surface area contributed by atoms with Gasteiger partial charge < -0.3 is 10.2 Å². The van der Waals surface area contributed by atoms with Gasteiger partial charge in [0.1, 0.15) is 0 Å². The zero-order chi connectivity index (χ0) is 12.9. The second-order valence-corrected chi connectivity index (χ2v) is 7.08. The Bertz CT molecular complexity index is 258. The number of nitrogens with zero attached hydrogens (tertiary/aromatic N) is 1. The molecule has 1 aliphatic heterocycles. The van der Waals surface area contributed by atoms with Gasteiger partial charge in [0.15, 0.2) is 0 Å². The molecule has 2 aliphatic carbocycles. The Balaban J connectivity index is 1.36. The van der Waals surface area contributed by atoms with Crippen LogP contribution in [-0.2, 0) is 0 Å². The van der Waals surface area contributed by atoms with Crippen LogP contribution in [-0.4, -0.2) is 36.6 Å². The lowest BCUT2D eigenvalue weighted by Crippen LogP contribution is -2.47. The van der Waals surface area contributed by atoms with Crippen LogP contribution in [0, 0.1) is 5.92 Å². The lowest BCUT2D eigenvalue weighted by molar-refractivity contribution is 0.0600. The summed E-state index contributed by atoms with van der Waals surface area (Å²) in [5.41, 5.74) is 0. The summed E-state index contributed by atoms with van der Waals surface area (Å²) >= 11 is 0. The number of rotatable bonds is 5. The zero-order valence-electron chi connectivity index (χ0n) is 12.6. The van der Waals surface area contributed by atoms with Crippen LogP contribution in [0.3, 0.4) is 0 Å². The first-order valence-corrected chi connectivity index (χ1v) is 8.91. The van der Waals surface area contributed by atoms with Gasteiger partial charge in [-0.15, -0.1) is 0 Å². The molecule has 0 radical (unpaired) electrons. The average Bonchev–Trinajstić information content (AvgIpc) is 2.97. The van der Waals surface area contributed by atoms with Gasteiger partial charge >= 0.3 is 0 Å². The quantitative estimate of drug-likeness (QED) is 0.764. The van der Waals surface area contributed by atoms with E-state index in [0.29, 0.717) is 0 Å². The number of hydrogen-bond donors (Lipinski definition) is 1. The monoisotopic (exact) mass is 264 g/mol. The van der Waals surface area contributed by atoms with Crippen molar-refractivity contribution in [1.29, 1.82) is 0 Å². The van der Waals surface area contributed by atoms with E-state index < -0.39 is 0 Å². The molecule has 3 fully saturated rings. The van der Waals surface area contributed by atoms with Crippen molar-refractivity contribution in [3.8, 4) is 0 Å². The third kappa shape index (κ3) is 3.72. The molecular formula is C17H32N2. The Hall–Kier alpha value is -0.0800. The van der Waals surface area contributed by atoms with Crippen molar-refractivity contribution in [3.05, 3.63) is 0 Å². The second-order valence-electron chi connectivity index (χ2n) is 7.08. The number of piperidine rings is 1. The van der Waals surface area contributed by atoms with Crippen LogP contribution < -0.4 is 5.32 Å². The molecule has 2 heteroatoms. The van der Waals surface area contributed by atoms with Crippen molar-refractivity contribution >= 4 is 0 Å². The van der Waals surface area contributed by atoms with Crippen LogP contribution >= 0.6 is 0 Å². The van der Waals surface area contributed by atoms with Crippen LogP contribution in [0.2, 0.25) is 0 Å². The molecule has 19 heavy (non-hydrogen) atoms. The molecule has 0 amide bonds. The van der Waals surface area contributed by atoms with Gasteiger partial charge in [-0.05, 0) is 70.5 Å². The maximum absolute atomic E-state index is 3.77. The Morgan fingerprint density at radius 3 is 2.47 bits per heavy atom. The van der Waals surface area contributed by atoms with Crippen molar-refractivity contribution in [2.75, 3.05) is 19.6 Å². The molecule has 0 aromatic carbocycles. The minimum atomic E-state index is 0.851. The van der Waals surface area contributed by atoms with E-state index in [4.69, 9.17) is 0 Å². The predicted molar refractivity (Wildman–Crippen MR) is 81.4 cm³/mol. The molecule has 2 atom stereocenters. The Kier molecular flexibility index (Phi) is 5.17. The van der Waals surface area contributed by atoms with Gasteiger partial charge in [-0.2, -0.15) is 0 Å². The highest BCUT2D eigenvalue weighted by Crippen LogP contribution is 2.35. The molecule has 3 rings (SSSR count). The van der Waals surface area contributed by atoms with Crippen molar-refractivity contribution in [1.82, 2.24) is 10.2 Å². The average molecular weight is 264 g/mol. The molecule has 2 saturated carbocycles. The molecular weight excluding hydrogens is 232 g/mol. The molecule has 2 nitrogen and oxygen atoms in total. The standard InChI is InChI=1S/C17H32N2/c1-4-11-17-15(7-1)8-5-13-19(17)14-6-12-18-16-9-2-3-10-16/h15-18H,1-14H2/t15-,17-/m1/s1. The van der Waals surface area contributed by atoms with Crippen LogP contribution in [0.25, 0.3) is 0 Å². The molecule has 110 valence electrons. The first-order chi connectivity index (χ1) is 9.43. The maximum Gasteiger partial charge on any atom is 0.0123 e. The van der Waals surface area contributed by atoms with Crippen molar-refractivity contribution in [2.24, 2.45) is 5.92 Å². The van der Waals surface area contributed by atoms with Crippen LogP contribution in [0.1, 0.15) is 70.6 Å². The van der Waals surface area contributed by atoms with Crippen LogP contribution in [0.15, 0.2) is 0 Å². The topological polar surface area (TPSA) is 15.3 Å². The predicted octanol–water partition coefficient (Wildman–Crippen LogP) is 3.56. The molecule has 0 aromatic rings. The van der Waals surface area contributed by atoms with E-state index in [1.807, 2.05) is 0 Å². The van der Waals surface area contributed by atoms with Crippen molar-refractivity contribution < 1.29 is 0 Å². The number of fused-ring (bicyclic) bond motifs is 1. The van der Waals surface area contributed by atoms with E-state index in [1.54, 1.807) is 0 Å².